The first-order chi connectivity index (χ1) is 9.85. The molecule has 114 valence electrons. The highest BCUT2D eigenvalue weighted by Crippen LogP contribution is 2.25. The number of nitrogens with one attached hydrogen (secondary N) is 2. The summed E-state index contributed by atoms with van der Waals surface area (Å²) >= 11 is 5.92. The fraction of sp³-hybridized carbons (Fsp3) is 0.308. The monoisotopic (exact) mass is 329 g/mol. The lowest BCUT2D eigenvalue weighted by molar-refractivity contribution is 0.280. The second-order valence-electron chi connectivity index (χ2n) is 4.66. The molecule has 0 amide bonds. The van der Waals surface area contributed by atoms with E-state index in [4.69, 9.17) is 11.6 Å². The van der Waals surface area contributed by atoms with E-state index in [2.05, 4.69) is 14.7 Å². The number of rotatable bonds is 5. The first-order valence-corrected chi connectivity index (χ1v) is 8.12. The Labute approximate surface area is 128 Å². The lowest BCUT2D eigenvalue weighted by atomic mass is 10.1. The van der Waals surface area contributed by atoms with Gasteiger partial charge in [-0.05, 0) is 37.1 Å². The SMILES string of the molecule is Cc1c(CO)cc(Cl)cc1S(=O)(=O)NC(C)c1ncc[nH]1. The van der Waals surface area contributed by atoms with Gasteiger partial charge < -0.3 is 10.1 Å². The largest absolute Gasteiger partial charge is 0.392 e. The first-order valence-electron chi connectivity index (χ1n) is 6.26. The van der Waals surface area contributed by atoms with Gasteiger partial charge in [0.15, 0.2) is 0 Å². The highest BCUT2D eigenvalue weighted by molar-refractivity contribution is 7.89. The van der Waals surface area contributed by atoms with Crippen molar-refractivity contribution in [3.05, 3.63) is 46.5 Å². The third kappa shape index (κ3) is 3.44. The van der Waals surface area contributed by atoms with E-state index in [0.29, 0.717) is 17.0 Å². The van der Waals surface area contributed by atoms with Crippen molar-refractivity contribution in [1.29, 1.82) is 0 Å². The van der Waals surface area contributed by atoms with Crippen LogP contribution in [0.15, 0.2) is 29.4 Å². The average Bonchev–Trinajstić information content (AvgIpc) is 2.94. The molecule has 2 rings (SSSR count). The molecule has 1 atom stereocenters. The van der Waals surface area contributed by atoms with Crippen molar-refractivity contribution in [2.45, 2.75) is 31.4 Å². The zero-order valence-corrected chi connectivity index (χ0v) is 13.2. The van der Waals surface area contributed by atoms with Crippen LogP contribution >= 0.6 is 11.6 Å². The van der Waals surface area contributed by atoms with Crippen molar-refractivity contribution in [3.8, 4) is 0 Å². The number of H-pyrrole nitrogens is 1. The zero-order chi connectivity index (χ0) is 15.6. The van der Waals surface area contributed by atoms with Gasteiger partial charge in [0.1, 0.15) is 5.82 Å². The number of halogens is 1. The van der Waals surface area contributed by atoms with Gasteiger partial charge in [0.2, 0.25) is 10.0 Å². The van der Waals surface area contributed by atoms with E-state index >= 15 is 0 Å². The van der Waals surface area contributed by atoms with Gasteiger partial charge in [-0.2, -0.15) is 0 Å². The van der Waals surface area contributed by atoms with Gasteiger partial charge in [0, 0.05) is 17.4 Å². The molecule has 0 radical (unpaired) electrons. The number of aliphatic hydroxyl groups excluding tert-OH is 1. The zero-order valence-electron chi connectivity index (χ0n) is 11.6. The van der Waals surface area contributed by atoms with Gasteiger partial charge in [-0.1, -0.05) is 11.6 Å². The Bertz CT molecular complexity index is 729. The number of aliphatic hydroxyl groups is 1. The molecule has 2 aromatic rings. The van der Waals surface area contributed by atoms with Crippen molar-refractivity contribution in [1.82, 2.24) is 14.7 Å². The topological polar surface area (TPSA) is 95.1 Å². The number of aromatic nitrogens is 2. The minimum absolute atomic E-state index is 0.0532. The molecule has 8 heteroatoms. The van der Waals surface area contributed by atoms with Crippen molar-refractivity contribution in [2.75, 3.05) is 0 Å². The molecule has 6 nitrogen and oxygen atoms in total. The van der Waals surface area contributed by atoms with Gasteiger partial charge in [0.05, 0.1) is 17.5 Å². The van der Waals surface area contributed by atoms with E-state index in [1.54, 1.807) is 32.3 Å². The Kier molecular flexibility index (Phi) is 4.67. The van der Waals surface area contributed by atoms with Gasteiger partial charge in [0.25, 0.3) is 0 Å². The number of hydrogen-bond acceptors (Lipinski definition) is 4. The Morgan fingerprint density at radius 2 is 2.19 bits per heavy atom. The summed E-state index contributed by atoms with van der Waals surface area (Å²) in [6.45, 7) is 3.04. The molecule has 0 aliphatic rings. The molecule has 0 saturated heterocycles. The van der Waals surface area contributed by atoms with Gasteiger partial charge in [-0.3, -0.25) is 0 Å². The van der Waals surface area contributed by atoms with Crippen LogP contribution in [0.25, 0.3) is 0 Å². The number of imidazole rings is 1. The molecule has 3 N–H and O–H groups in total. The molecule has 1 heterocycles. The molecule has 0 saturated carbocycles. The predicted octanol–water partition coefficient (Wildman–Crippen LogP) is 1.90. The summed E-state index contributed by atoms with van der Waals surface area (Å²) in [7, 11) is -3.78. The fourth-order valence-corrected chi connectivity index (χ4v) is 3.84. The Balaban J connectivity index is 2.38. The molecule has 0 spiro atoms. The molecular weight excluding hydrogens is 314 g/mol. The lowest BCUT2D eigenvalue weighted by Crippen LogP contribution is -2.28. The van der Waals surface area contributed by atoms with E-state index in [9.17, 15) is 13.5 Å². The van der Waals surface area contributed by atoms with Crippen LogP contribution in [0.1, 0.15) is 29.9 Å². The van der Waals surface area contributed by atoms with E-state index in [1.807, 2.05) is 0 Å². The minimum atomic E-state index is -3.78. The summed E-state index contributed by atoms with van der Waals surface area (Å²) in [6.07, 6.45) is 3.17. The van der Waals surface area contributed by atoms with Crippen LogP contribution in [0.3, 0.4) is 0 Å². The third-order valence-electron chi connectivity index (χ3n) is 3.15. The Morgan fingerprint density at radius 3 is 2.76 bits per heavy atom. The van der Waals surface area contributed by atoms with Crippen molar-refractivity contribution < 1.29 is 13.5 Å². The van der Waals surface area contributed by atoms with Crippen LogP contribution in [0.5, 0.6) is 0 Å². The molecule has 1 aromatic carbocycles. The van der Waals surface area contributed by atoms with Crippen LogP contribution in [-0.2, 0) is 16.6 Å². The summed E-state index contributed by atoms with van der Waals surface area (Å²) in [5, 5.41) is 9.54. The van der Waals surface area contributed by atoms with E-state index in [-0.39, 0.29) is 16.5 Å². The molecule has 0 bridgehead atoms. The second kappa shape index (κ2) is 6.15. The summed E-state index contributed by atoms with van der Waals surface area (Å²) in [6, 6.07) is 2.40. The Hall–Kier alpha value is -1.41. The molecule has 1 unspecified atom stereocenters. The molecule has 1 aromatic heterocycles. The number of sulfonamides is 1. The van der Waals surface area contributed by atoms with Crippen LogP contribution in [0.2, 0.25) is 5.02 Å². The van der Waals surface area contributed by atoms with Crippen LogP contribution in [0, 0.1) is 6.92 Å². The van der Waals surface area contributed by atoms with Gasteiger partial charge in [-0.25, -0.2) is 18.1 Å². The lowest BCUT2D eigenvalue weighted by Gasteiger charge is -2.15. The van der Waals surface area contributed by atoms with Gasteiger partial charge >= 0.3 is 0 Å². The van der Waals surface area contributed by atoms with Crippen LogP contribution in [0.4, 0.5) is 0 Å². The minimum Gasteiger partial charge on any atom is -0.392 e. The second-order valence-corrected chi connectivity index (χ2v) is 6.78. The fourth-order valence-electron chi connectivity index (χ4n) is 2.02. The van der Waals surface area contributed by atoms with Crippen LogP contribution in [-0.4, -0.2) is 23.5 Å². The molecule has 21 heavy (non-hydrogen) atoms. The first kappa shape index (κ1) is 16.0. The van der Waals surface area contributed by atoms with Crippen molar-refractivity contribution in [3.63, 3.8) is 0 Å². The standard InChI is InChI=1S/C13H16ClN3O3S/c1-8-10(7-18)5-11(14)6-12(8)21(19,20)17-9(2)13-15-3-4-16-13/h3-6,9,17-18H,7H2,1-2H3,(H,15,16). The smallest absolute Gasteiger partial charge is 0.241 e. The average molecular weight is 330 g/mol. The summed E-state index contributed by atoms with van der Waals surface area (Å²) in [5.41, 5.74) is 0.953. The normalized spacial score (nSPS) is 13.3. The van der Waals surface area contributed by atoms with E-state index < -0.39 is 16.1 Å². The predicted molar refractivity (Wildman–Crippen MR) is 79.4 cm³/mol. The van der Waals surface area contributed by atoms with Crippen LogP contribution < -0.4 is 4.72 Å². The number of hydrogen-bond donors (Lipinski definition) is 3. The maximum Gasteiger partial charge on any atom is 0.241 e. The van der Waals surface area contributed by atoms with Crippen molar-refractivity contribution >= 4 is 21.6 Å². The molecular formula is C13H16ClN3O3S. The summed E-state index contributed by atoms with van der Waals surface area (Å²) < 4.78 is 27.5. The van der Waals surface area contributed by atoms with E-state index in [1.165, 1.54) is 6.07 Å². The Morgan fingerprint density at radius 1 is 1.48 bits per heavy atom. The van der Waals surface area contributed by atoms with Crippen molar-refractivity contribution in [2.24, 2.45) is 0 Å². The third-order valence-corrected chi connectivity index (χ3v) is 5.04. The highest BCUT2D eigenvalue weighted by Gasteiger charge is 2.23. The van der Waals surface area contributed by atoms with Gasteiger partial charge in [-0.15, -0.1) is 0 Å². The molecule has 0 fully saturated rings. The number of nitrogens with zero attached hydrogens (tertiary/aromatic N) is 1. The summed E-state index contributed by atoms with van der Waals surface area (Å²) in [5.74, 6) is 0.514. The highest BCUT2D eigenvalue weighted by atomic mass is 35.5. The number of aromatic amines is 1. The molecule has 0 aliphatic carbocycles. The quantitative estimate of drug-likeness (QED) is 0.780. The molecule has 0 aliphatic heterocycles. The maximum absolute atomic E-state index is 12.5. The number of benzene rings is 1. The summed E-state index contributed by atoms with van der Waals surface area (Å²) in [4.78, 5) is 6.93. The van der Waals surface area contributed by atoms with E-state index in [0.717, 1.165) is 0 Å². The maximum atomic E-state index is 12.5.